The maximum absolute atomic E-state index is 9.61. The van der Waals surface area contributed by atoms with E-state index in [4.69, 9.17) is 0 Å². The van der Waals surface area contributed by atoms with E-state index in [2.05, 4.69) is 9.72 Å². The van der Waals surface area contributed by atoms with Gasteiger partial charge in [-0.3, -0.25) is 4.79 Å². The minimum atomic E-state index is 0.356. The third-order valence-corrected chi connectivity index (χ3v) is 1.14. The van der Waals surface area contributed by atoms with Gasteiger partial charge in [-0.05, 0) is 0 Å². The zero-order valence-electron chi connectivity index (χ0n) is 3.90. The minimum Gasteiger partial charge on any atom is -0.409 e. The van der Waals surface area contributed by atoms with Crippen molar-refractivity contribution in [2.24, 2.45) is 0 Å². The molecule has 0 saturated heterocycles. The Kier molecular flexibility index (Phi) is 1.58. The van der Waals surface area contributed by atoms with Crippen LogP contribution in [-0.2, 0) is 4.79 Å². The highest BCUT2D eigenvalue weighted by Crippen LogP contribution is 2.07. The highest BCUT2D eigenvalue weighted by molar-refractivity contribution is 7.07. The Morgan fingerprint density at radius 2 is 2.75 bits per heavy atom. The predicted molar refractivity (Wildman–Crippen MR) is 28.8 cm³/mol. The Labute approximate surface area is 49.9 Å². The van der Waals surface area contributed by atoms with Crippen LogP contribution in [0.3, 0.4) is 0 Å². The first-order chi connectivity index (χ1) is 3.93. The Morgan fingerprint density at radius 3 is 3.25 bits per heavy atom. The van der Waals surface area contributed by atoms with E-state index in [1.807, 2.05) is 0 Å². The van der Waals surface area contributed by atoms with E-state index in [0.29, 0.717) is 12.4 Å². The summed E-state index contributed by atoms with van der Waals surface area (Å²) in [5.41, 5.74) is 1.60. The molecule has 0 unspecified atom stereocenters. The van der Waals surface area contributed by atoms with Crippen molar-refractivity contribution in [3.63, 3.8) is 0 Å². The van der Waals surface area contributed by atoms with Crippen LogP contribution in [0.4, 0.5) is 0 Å². The number of carbonyl (C=O) groups excluding carboxylic acids is 1. The molecule has 0 aromatic carbocycles. The molecule has 0 N–H and O–H groups in total. The lowest BCUT2D eigenvalue weighted by Crippen LogP contribution is -1.86. The molecule has 0 aliphatic rings. The van der Waals surface area contributed by atoms with Crippen LogP contribution in [0.25, 0.3) is 0 Å². The molecule has 0 spiro atoms. The molecule has 1 heterocycles. The van der Waals surface area contributed by atoms with Crippen LogP contribution in [-0.4, -0.2) is 11.5 Å². The zero-order chi connectivity index (χ0) is 5.82. The summed E-state index contributed by atoms with van der Waals surface area (Å²) >= 11 is 1.38. The second-order valence-electron chi connectivity index (χ2n) is 1.04. The summed E-state index contributed by atoms with van der Waals surface area (Å²) < 4.78 is 4.36. The molecule has 0 radical (unpaired) electrons. The van der Waals surface area contributed by atoms with Crippen LogP contribution in [0.15, 0.2) is 10.9 Å². The van der Waals surface area contributed by atoms with Gasteiger partial charge in [0, 0.05) is 0 Å². The van der Waals surface area contributed by atoms with Gasteiger partial charge in [0.05, 0.1) is 10.9 Å². The van der Waals surface area contributed by atoms with E-state index in [1.54, 1.807) is 10.9 Å². The fraction of sp³-hybridized carbons (Fsp3) is 0. The molecule has 0 aliphatic carbocycles. The zero-order valence-corrected chi connectivity index (χ0v) is 4.72. The van der Waals surface area contributed by atoms with Gasteiger partial charge in [0.1, 0.15) is 0 Å². The van der Waals surface area contributed by atoms with Crippen LogP contribution in [0.5, 0.6) is 5.88 Å². The quantitative estimate of drug-likeness (QED) is 0.551. The molecule has 1 aromatic rings. The molecular weight excluding hydrogens is 126 g/mol. The summed E-state index contributed by atoms with van der Waals surface area (Å²) in [6.07, 6.45) is 0. The Morgan fingerprint density at radius 1 is 1.88 bits per heavy atom. The number of aromatic nitrogens is 1. The Bertz CT molecular complexity index is 161. The number of rotatable bonds is 2. The van der Waals surface area contributed by atoms with Gasteiger partial charge in [0.2, 0.25) is 5.88 Å². The van der Waals surface area contributed by atoms with Gasteiger partial charge in [-0.25, -0.2) is 4.98 Å². The Hall–Kier alpha value is -0.900. The third kappa shape index (κ3) is 1.04. The van der Waals surface area contributed by atoms with Crippen LogP contribution < -0.4 is 4.74 Å². The van der Waals surface area contributed by atoms with E-state index >= 15 is 0 Å². The van der Waals surface area contributed by atoms with Crippen molar-refractivity contribution in [2.45, 2.75) is 0 Å². The van der Waals surface area contributed by atoms with Gasteiger partial charge >= 0.3 is 0 Å². The lowest BCUT2D eigenvalue weighted by molar-refractivity contribution is -0.120. The molecule has 1 aromatic heterocycles. The molecule has 3 nitrogen and oxygen atoms in total. The standard InChI is InChI=1S/C4H3NO2S/c6-3-7-4-1-8-2-5-4/h1-3H. The SMILES string of the molecule is O=COc1cscn1. The van der Waals surface area contributed by atoms with Gasteiger partial charge in [0.25, 0.3) is 6.47 Å². The number of nitrogens with zero attached hydrogens (tertiary/aromatic N) is 1. The molecule has 0 atom stereocenters. The fourth-order valence-electron chi connectivity index (χ4n) is 0.309. The molecular formula is C4H3NO2S. The Balaban J connectivity index is 2.62. The molecule has 0 bridgehead atoms. The van der Waals surface area contributed by atoms with Gasteiger partial charge in [-0.2, -0.15) is 0 Å². The number of carbonyl (C=O) groups is 1. The average molecular weight is 129 g/mol. The van der Waals surface area contributed by atoms with Gasteiger partial charge < -0.3 is 4.74 Å². The highest BCUT2D eigenvalue weighted by atomic mass is 32.1. The molecule has 0 aliphatic heterocycles. The summed E-state index contributed by atoms with van der Waals surface area (Å²) in [4.78, 5) is 13.3. The van der Waals surface area contributed by atoms with Gasteiger partial charge in [0.15, 0.2) is 0 Å². The summed E-state index contributed by atoms with van der Waals surface area (Å²) in [5.74, 6) is 0.366. The van der Waals surface area contributed by atoms with Crippen molar-refractivity contribution in [3.8, 4) is 5.88 Å². The lowest BCUT2D eigenvalue weighted by Gasteiger charge is -1.82. The van der Waals surface area contributed by atoms with Gasteiger partial charge in [-0.15, -0.1) is 11.3 Å². The molecule has 8 heavy (non-hydrogen) atoms. The van der Waals surface area contributed by atoms with Crippen LogP contribution in [0.1, 0.15) is 0 Å². The van der Waals surface area contributed by atoms with Gasteiger partial charge in [-0.1, -0.05) is 0 Å². The van der Waals surface area contributed by atoms with Crippen LogP contribution in [0.2, 0.25) is 0 Å². The monoisotopic (exact) mass is 129 g/mol. The van der Waals surface area contributed by atoms with Crippen molar-refractivity contribution < 1.29 is 9.53 Å². The lowest BCUT2D eigenvalue weighted by atomic mass is 10.9. The number of hydrogen-bond acceptors (Lipinski definition) is 4. The minimum absolute atomic E-state index is 0.356. The predicted octanol–water partition coefficient (Wildman–Crippen LogP) is 0.678. The second kappa shape index (κ2) is 2.42. The first-order valence-corrected chi connectivity index (χ1v) is 2.86. The smallest absolute Gasteiger partial charge is 0.299 e. The highest BCUT2D eigenvalue weighted by Gasteiger charge is 1.88. The number of ether oxygens (including phenoxy) is 1. The first kappa shape index (κ1) is 5.24. The molecule has 0 fully saturated rings. The van der Waals surface area contributed by atoms with Crippen LogP contribution in [0, 0.1) is 0 Å². The maximum Gasteiger partial charge on any atom is 0.299 e. The number of hydrogen-bond donors (Lipinski definition) is 0. The first-order valence-electron chi connectivity index (χ1n) is 1.92. The number of thiazole rings is 1. The maximum atomic E-state index is 9.61. The summed E-state index contributed by atoms with van der Waals surface area (Å²) in [6.45, 7) is 0.356. The molecule has 4 heteroatoms. The van der Waals surface area contributed by atoms with Crippen molar-refractivity contribution >= 4 is 17.8 Å². The van der Waals surface area contributed by atoms with Crippen molar-refractivity contribution in [2.75, 3.05) is 0 Å². The van der Waals surface area contributed by atoms with Crippen molar-refractivity contribution in [3.05, 3.63) is 10.9 Å². The molecule has 0 saturated carbocycles. The van der Waals surface area contributed by atoms with E-state index in [0.717, 1.165) is 0 Å². The van der Waals surface area contributed by atoms with E-state index in [-0.39, 0.29) is 0 Å². The van der Waals surface area contributed by atoms with Crippen molar-refractivity contribution in [1.29, 1.82) is 0 Å². The third-order valence-electron chi connectivity index (χ3n) is 0.579. The second-order valence-corrected chi connectivity index (χ2v) is 1.76. The molecule has 42 valence electrons. The van der Waals surface area contributed by atoms with Crippen molar-refractivity contribution in [1.82, 2.24) is 4.98 Å². The molecule has 0 amide bonds. The fourth-order valence-corrected chi connectivity index (χ4v) is 0.767. The largest absolute Gasteiger partial charge is 0.409 e. The normalized spacial score (nSPS) is 8.50. The van der Waals surface area contributed by atoms with E-state index in [9.17, 15) is 4.79 Å². The van der Waals surface area contributed by atoms with E-state index < -0.39 is 0 Å². The topological polar surface area (TPSA) is 39.2 Å². The summed E-state index contributed by atoms with van der Waals surface area (Å²) in [7, 11) is 0. The molecule has 1 rings (SSSR count). The van der Waals surface area contributed by atoms with Crippen LogP contribution >= 0.6 is 11.3 Å². The summed E-state index contributed by atoms with van der Waals surface area (Å²) in [6, 6.07) is 0. The summed E-state index contributed by atoms with van der Waals surface area (Å²) in [5, 5.41) is 1.65. The average Bonchev–Trinajstić information content (AvgIpc) is 2.19. The van der Waals surface area contributed by atoms with E-state index in [1.165, 1.54) is 11.3 Å².